The zero-order chi connectivity index (χ0) is 15.6. The number of carbonyl (C=O) groups excluding carboxylic acids is 4. The molecule has 0 aromatic rings. The predicted molar refractivity (Wildman–Crippen MR) is 72.5 cm³/mol. The number of hydrogen-bond acceptors (Lipinski definition) is 4. The van der Waals surface area contributed by atoms with Crippen molar-refractivity contribution in [3.8, 4) is 0 Å². The average Bonchev–Trinajstić information content (AvgIpc) is 2.65. The zero-order valence-electron chi connectivity index (χ0n) is 12.2. The maximum Gasteiger partial charge on any atom is 0.254 e. The number of carbonyl (C=O) groups is 4. The van der Waals surface area contributed by atoms with Crippen molar-refractivity contribution < 1.29 is 19.2 Å². The Kier molecular flexibility index (Phi) is 4.47. The Hall–Kier alpha value is -1.98. The molecule has 0 saturated heterocycles. The Balaban J connectivity index is 2.84. The number of nitrogens with one attached hydrogen (secondary N) is 1. The van der Waals surface area contributed by atoms with Crippen LogP contribution in [0, 0.1) is 5.41 Å². The van der Waals surface area contributed by atoms with Crippen LogP contribution in [0.2, 0.25) is 0 Å². The van der Waals surface area contributed by atoms with Crippen LogP contribution in [0.5, 0.6) is 0 Å². The molecule has 6 heteroatoms. The molecule has 0 fully saturated rings. The van der Waals surface area contributed by atoms with Gasteiger partial charge in [0, 0.05) is 23.1 Å². The number of aldehydes is 1. The lowest BCUT2D eigenvalue weighted by atomic mass is 9.78. The monoisotopic (exact) mass is 280 g/mol. The third-order valence-electron chi connectivity index (χ3n) is 3.25. The van der Waals surface area contributed by atoms with Crippen molar-refractivity contribution in [1.82, 2.24) is 10.2 Å². The molecular formula is C14H20N2O4. The zero-order valence-corrected chi connectivity index (χ0v) is 12.2. The maximum absolute atomic E-state index is 12.0. The van der Waals surface area contributed by atoms with E-state index in [9.17, 15) is 19.2 Å². The molecule has 1 rings (SSSR count). The summed E-state index contributed by atoms with van der Waals surface area (Å²) < 4.78 is 0. The van der Waals surface area contributed by atoms with E-state index >= 15 is 0 Å². The number of imide groups is 1. The highest BCUT2D eigenvalue weighted by molar-refractivity contribution is 6.13. The molecule has 0 saturated carbocycles. The highest BCUT2D eigenvalue weighted by atomic mass is 16.2. The molecule has 0 bridgehead atoms. The fourth-order valence-corrected chi connectivity index (χ4v) is 2.61. The summed E-state index contributed by atoms with van der Waals surface area (Å²) in [6.45, 7) is 6.86. The van der Waals surface area contributed by atoms with Gasteiger partial charge in [-0.25, -0.2) is 0 Å². The van der Waals surface area contributed by atoms with E-state index in [-0.39, 0.29) is 24.3 Å². The first-order chi connectivity index (χ1) is 9.12. The van der Waals surface area contributed by atoms with E-state index in [0.29, 0.717) is 12.7 Å². The fraction of sp³-hybridized carbons (Fsp3) is 0.571. The first kappa shape index (κ1) is 16.1. The molecule has 1 aliphatic heterocycles. The Labute approximate surface area is 118 Å². The summed E-state index contributed by atoms with van der Waals surface area (Å²) >= 11 is 0. The van der Waals surface area contributed by atoms with Crippen molar-refractivity contribution in [3.63, 3.8) is 0 Å². The van der Waals surface area contributed by atoms with Crippen LogP contribution in [-0.2, 0) is 19.2 Å². The third-order valence-corrected chi connectivity index (χ3v) is 3.25. The van der Waals surface area contributed by atoms with Gasteiger partial charge in [0.15, 0.2) is 0 Å². The Morgan fingerprint density at radius 3 is 2.15 bits per heavy atom. The van der Waals surface area contributed by atoms with Crippen molar-refractivity contribution in [1.29, 1.82) is 0 Å². The molecule has 1 aliphatic rings. The fourth-order valence-electron chi connectivity index (χ4n) is 2.61. The van der Waals surface area contributed by atoms with Crippen molar-refractivity contribution in [2.24, 2.45) is 5.41 Å². The molecule has 110 valence electrons. The van der Waals surface area contributed by atoms with Crippen molar-refractivity contribution in [2.75, 3.05) is 6.54 Å². The van der Waals surface area contributed by atoms with Crippen molar-refractivity contribution >= 4 is 24.0 Å². The summed E-state index contributed by atoms with van der Waals surface area (Å²) in [5, 5.41) is 2.50. The lowest BCUT2D eigenvalue weighted by Gasteiger charge is -2.39. The second kappa shape index (κ2) is 5.56. The molecule has 0 aromatic carbocycles. The first-order valence-electron chi connectivity index (χ1n) is 6.40. The lowest BCUT2D eigenvalue weighted by molar-refractivity contribution is -0.146. The number of amides is 3. The Bertz CT molecular complexity index is 460. The minimum absolute atomic E-state index is 0.0498. The molecule has 3 amide bonds. The van der Waals surface area contributed by atoms with E-state index in [0.717, 1.165) is 4.90 Å². The molecule has 1 heterocycles. The highest BCUT2D eigenvalue weighted by Crippen LogP contribution is 2.33. The van der Waals surface area contributed by atoms with Gasteiger partial charge in [-0.2, -0.15) is 0 Å². The van der Waals surface area contributed by atoms with Gasteiger partial charge in [-0.05, 0) is 20.3 Å². The molecule has 0 spiro atoms. The van der Waals surface area contributed by atoms with Crippen LogP contribution in [0.25, 0.3) is 0 Å². The topological polar surface area (TPSA) is 83.6 Å². The second-order valence-electron chi connectivity index (χ2n) is 6.10. The molecule has 20 heavy (non-hydrogen) atoms. The molecule has 0 aliphatic carbocycles. The minimum Gasteiger partial charge on any atom is -0.349 e. The van der Waals surface area contributed by atoms with E-state index in [2.05, 4.69) is 5.32 Å². The van der Waals surface area contributed by atoms with E-state index in [1.165, 1.54) is 12.2 Å². The summed E-state index contributed by atoms with van der Waals surface area (Å²) in [5.41, 5.74) is -1.60. The molecule has 0 radical (unpaired) electrons. The Morgan fingerprint density at radius 2 is 1.70 bits per heavy atom. The molecule has 0 atom stereocenters. The first-order valence-corrected chi connectivity index (χ1v) is 6.40. The summed E-state index contributed by atoms with van der Waals surface area (Å²) in [5.74, 6) is -1.03. The van der Waals surface area contributed by atoms with Crippen LogP contribution in [0.3, 0.4) is 0 Å². The minimum atomic E-state index is -0.810. The Morgan fingerprint density at radius 1 is 1.20 bits per heavy atom. The van der Waals surface area contributed by atoms with Crippen molar-refractivity contribution in [3.05, 3.63) is 12.2 Å². The summed E-state index contributed by atoms with van der Waals surface area (Å²) in [4.78, 5) is 46.9. The van der Waals surface area contributed by atoms with Gasteiger partial charge in [-0.3, -0.25) is 19.3 Å². The van der Waals surface area contributed by atoms with E-state index in [4.69, 9.17) is 0 Å². The molecular weight excluding hydrogens is 260 g/mol. The largest absolute Gasteiger partial charge is 0.349 e. The second-order valence-corrected chi connectivity index (χ2v) is 6.10. The maximum atomic E-state index is 12.0. The van der Waals surface area contributed by atoms with Gasteiger partial charge in [0.1, 0.15) is 6.29 Å². The van der Waals surface area contributed by atoms with Gasteiger partial charge < -0.3 is 10.1 Å². The van der Waals surface area contributed by atoms with E-state index in [1.54, 1.807) is 27.7 Å². The van der Waals surface area contributed by atoms with Crippen molar-refractivity contribution in [2.45, 2.75) is 39.7 Å². The smallest absolute Gasteiger partial charge is 0.254 e. The summed E-state index contributed by atoms with van der Waals surface area (Å²) in [6, 6.07) is 0. The summed E-state index contributed by atoms with van der Waals surface area (Å²) in [7, 11) is 0. The van der Waals surface area contributed by atoms with Crippen LogP contribution in [0.4, 0.5) is 0 Å². The average molecular weight is 280 g/mol. The van der Waals surface area contributed by atoms with Gasteiger partial charge in [0.2, 0.25) is 5.91 Å². The molecule has 0 aromatic heterocycles. The number of rotatable bonds is 6. The van der Waals surface area contributed by atoms with Crippen LogP contribution < -0.4 is 5.32 Å². The third kappa shape index (κ3) is 3.31. The molecule has 6 nitrogen and oxygen atoms in total. The van der Waals surface area contributed by atoms with Crippen LogP contribution in [0.1, 0.15) is 34.1 Å². The molecule has 1 N–H and O–H groups in total. The van der Waals surface area contributed by atoms with E-state index in [1.807, 2.05) is 0 Å². The van der Waals surface area contributed by atoms with Gasteiger partial charge in [0.05, 0.1) is 6.54 Å². The van der Waals surface area contributed by atoms with Gasteiger partial charge in [-0.15, -0.1) is 0 Å². The van der Waals surface area contributed by atoms with Gasteiger partial charge in [-0.1, -0.05) is 13.8 Å². The van der Waals surface area contributed by atoms with Crippen LogP contribution in [0.15, 0.2) is 12.2 Å². The standard InChI is InChI=1S/C14H20N2O4/c1-13(2,12(20)15-7-8-17)9-14(3,4)16-10(18)5-6-11(16)19/h5-6,8H,7,9H2,1-4H3,(H,15,20). The normalized spacial score (nSPS) is 15.7. The van der Waals surface area contributed by atoms with E-state index < -0.39 is 11.0 Å². The van der Waals surface area contributed by atoms with Crippen LogP contribution in [-0.4, -0.2) is 41.0 Å². The predicted octanol–water partition coefficient (Wildman–Crippen LogP) is 0.421. The number of nitrogens with zero attached hydrogens (tertiary/aromatic N) is 1. The number of hydrogen-bond donors (Lipinski definition) is 1. The highest BCUT2D eigenvalue weighted by Gasteiger charge is 2.43. The summed E-state index contributed by atoms with van der Waals surface area (Å²) in [6.07, 6.45) is 3.35. The molecule has 0 unspecified atom stereocenters. The SMILES string of the molecule is CC(C)(CC(C)(C)N1C(=O)C=CC1=O)C(=O)NCC=O. The quantitative estimate of drug-likeness (QED) is 0.564. The van der Waals surface area contributed by atoms with Gasteiger partial charge in [0.25, 0.3) is 11.8 Å². The van der Waals surface area contributed by atoms with Crippen LogP contribution >= 0.6 is 0 Å². The lowest BCUT2D eigenvalue weighted by Crippen LogP contribution is -2.52. The van der Waals surface area contributed by atoms with Gasteiger partial charge >= 0.3 is 0 Å².